The van der Waals surface area contributed by atoms with Crippen LogP contribution in [0.4, 0.5) is 9.18 Å². The molecule has 0 aromatic heterocycles. The quantitative estimate of drug-likeness (QED) is 0.814. The molecular formula is C14H28FNO2. The molecular weight excluding hydrogens is 233 g/mol. The van der Waals surface area contributed by atoms with Crippen LogP contribution in [0.2, 0.25) is 0 Å². The van der Waals surface area contributed by atoms with Gasteiger partial charge in [0, 0.05) is 6.54 Å². The summed E-state index contributed by atoms with van der Waals surface area (Å²) in [5.41, 5.74) is -1.02. The first kappa shape index (κ1) is 17.2. The highest BCUT2D eigenvalue weighted by Crippen LogP contribution is 2.33. The van der Waals surface area contributed by atoms with E-state index >= 15 is 0 Å². The van der Waals surface area contributed by atoms with Crippen LogP contribution in [-0.2, 0) is 4.74 Å². The molecule has 0 atom stereocenters. The molecule has 0 rings (SSSR count). The summed E-state index contributed by atoms with van der Waals surface area (Å²) >= 11 is 0. The van der Waals surface area contributed by atoms with Gasteiger partial charge >= 0.3 is 6.09 Å². The van der Waals surface area contributed by atoms with E-state index in [4.69, 9.17) is 4.74 Å². The summed E-state index contributed by atoms with van der Waals surface area (Å²) in [5.74, 6) is 0. The predicted molar refractivity (Wildman–Crippen MR) is 72.4 cm³/mol. The molecule has 0 aromatic rings. The molecule has 0 aromatic carbocycles. The maximum Gasteiger partial charge on any atom is 0.407 e. The lowest BCUT2D eigenvalue weighted by molar-refractivity contribution is 0.0489. The fourth-order valence-electron chi connectivity index (χ4n) is 2.03. The Bertz CT molecular complexity index is 280. The third kappa shape index (κ3) is 8.31. The molecule has 0 saturated carbocycles. The molecule has 0 fully saturated rings. The van der Waals surface area contributed by atoms with E-state index in [-0.39, 0.29) is 17.5 Å². The summed E-state index contributed by atoms with van der Waals surface area (Å²) in [6.07, 6.45) is 0.278. The smallest absolute Gasteiger partial charge is 0.407 e. The van der Waals surface area contributed by atoms with Gasteiger partial charge in [-0.3, -0.25) is 4.39 Å². The van der Waals surface area contributed by atoms with E-state index in [1.165, 1.54) is 0 Å². The van der Waals surface area contributed by atoms with Gasteiger partial charge < -0.3 is 10.1 Å². The average molecular weight is 261 g/mol. The molecule has 0 radical (unpaired) electrons. The zero-order valence-electron chi connectivity index (χ0n) is 12.8. The number of amides is 1. The summed E-state index contributed by atoms with van der Waals surface area (Å²) < 4.78 is 18.0. The number of alkyl carbamates (subject to hydrolysis) is 1. The normalized spacial score (nSPS) is 13.3. The molecule has 1 N–H and O–H groups in total. The number of ether oxygens (including phenoxy) is 1. The number of hydrogen-bond donors (Lipinski definition) is 1. The summed E-state index contributed by atoms with van der Waals surface area (Å²) in [4.78, 5) is 11.5. The highest BCUT2D eigenvalue weighted by molar-refractivity contribution is 5.67. The van der Waals surface area contributed by atoms with Crippen LogP contribution in [0.15, 0.2) is 0 Å². The minimum absolute atomic E-state index is 0.160. The third-order valence-corrected chi connectivity index (χ3v) is 2.43. The first-order chi connectivity index (χ1) is 7.87. The van der Waals surface area contributed by atoms with Crippen molar-refractivity contribution in [2.75, 3.05) is 13.2 Å². The lowest BCUT2D eigenvalue weighted by Crippen LogP contribution is -2.39. The molecule has 0 saturated heterocycles. The monoisotopic (exact) mass is 261 g/mol. The molecule has 0 bridgehead atoms. The fourth-order valence-corrected chi connectivity index (χ4v) is 2.03. The minimum Gasteiger partial charge on any atom is -0.444 e. The highest BCUT2D eigenvalue weighted by atomic mass is 19.1. The maximum absolute atomic E-state index is 12.8. The van der Waals surface area contributed by atoms with Crippen LogP contribution in [0.5, 0.6) is 0 Å². The van der Waals surface area contributed by atoms with Crippen LogP contribution in [0.25, 0.3) is 0 Å². The van der Waals surface area contributed by atoms with E-state index in [2.05, 4.69) is 5.32 Å². The zero-order chi connectivity index (χ0) is 14.6. The van der Waals surface area contributed by atoms with Crippen LogP contribution >= 0.6 is 0 Å². The van der Waals surface area contributed by atoms with Crippen molar-refractivity contribution >= 4 is 6.09 Å². The molecule has 4 heteroatoms. The van der Waals surface area contributed by atoms with Gasteiger partial charge in [0.15, 0.2) is 0 Å². The predicted octanol–water partition coefficient (Wildman–Crippen LogP) is 3.92. The highest BCUT2D eigenvalue weighted by Gasteiger charge is 2.29. The van der Waals surface area contributed by atoms with E-state index in [1.54, 1.807) is 0 Å². The molecule has 0 heterocycles. The van der Waals surface area contributed by atoms with Crippen molar-refractivity contribution in [3.8, 4) is 0 Å². The van der Waals surface area contributed by atoms with Crippen LogP contribution < -0.4 is 5.32 Å². The standard InChI is InChI=1S/C14H28FNO2/c1-12(2,3)18-11(17)16-10-14(6,7)8-13(4,5)9-15/h8-10H2,1-7H3,(H,16,17). The number of alkyl halides is 1. The molecule has 0 aliphatic heterocycles. The van der Waals surface area contributed by atoms with Crippen molar-refractivity contribution in [2.45, 2.75) is 60.5 Å². The SMILES string of the molecule is CC(C)(CF)CC(C)(C)CNC(=O)OC(C)(C)C. The van der Waals surface area contributed by atoms with E-state index in [9.17, 15) is 9.18 Å². The lowest BCUT2D eigenvalue weighted by Gasteiger charge is -2.33. The Morgan fingerprint density at radius 2 is 1.56 bits per heavy atom. The van der Waals surface area contributed by atoms with Crippen molar-refractivity contribution < 1.29 is 13.9 Å². The van der Waals surface area contributed by atoms with Crippen molar-refractivity contribution in [3.05, 3.63) is 0 Å². The summed E-state index contributed by atoms with van der Waals surface area (Å²) in [5, 5.41) is 2.74. The maximum atomic E-state index is 12.8. The molecule has 108 valence electrons. The largest absolute Gasteiger partial charge is 0.444 e. The van der Waals surface area contributed by atoms with E-state index in [0.29, 0.717) is 13.0 Å². The molecule has 3 nitrogen and oxygen atoms in total. The number of nitrogens with one attached hydrogen (secondary N) is 1. The van der Waals surface area contributed by atoms with Crippen LogP contribution in [-0.4, -0.2) is 24.9 Å². The number of carbonyl (C=O) groups excluding carboxylic acids is 1. The Balaban J connectivity index is 4.23. The number of rotatable bonds is 5. The van der Waals surface area contributed by atoms with Gasteiger partial charge in [-0.2, -0.15) is 0 Å². The minimum atomic E-state index is -0.494. The van der Waals surface area contributed by atoms with Crippen molar-refractivity contribution in [1.29, 1.82) is 0 Å². The molecule has 1 amide bonds. The Labute approximate surface area is 110 Å². The molecule has 0 spiro atoms. The van der Waals surface area contributed by atoms with Gasteiger partial charge in [-0.25, -0.2) is 4.79 Å². The van der Waals surface area contributed by atoms with Gasteiger partial charge in [-0.05, 0) is 38.0 Å². The zero-order valence-corrected chi connectivity index (χ0v) is 12.8. The lowest BCUT2D eigenvalue weighted by atomic mass is 9.76. The second kappa shape index (κ2) is 5.89. The molecule has 0 aliphatic carbocycles. The number of hydrogen-bond acceptors (Lipinski definition) is 2. The van der Waals surface area contributed by atoms with Gasteiger partial charge in [0.2, 0.25) is 0 Å². The van der Waals surface area contributed by atoms with E-state index in [0.717, 1.165) is 0 Å². The fraction of sp³-hybridized carbons (Fsp3) is 0.929. The van der Waals surface area contributed by atoms with E-state index in [1.807, 2.05) is 48.5 Å². The Hall–Kier alpha value is -0.800. The van der Waals surface area contributed by atoms with Gasteiger partial charge in [0.05, 0.1) is 6.67 Å². The summed E-state index contributed by atoms with van der Waals surface area (Å²) in [6.45, 7) is 13.4. The average Bonchev–Trinajstić information content (AvgIpc) is 2.11. The van der Waals surface area contributed by atoms with Crippen molar-refractivity contribution in [1.82, 2.24) is 5.32 Å². The van der Waals surface area contributed by atoms with Crippen LogP contribution in [0.3, 0.4) is 0 Å². The van der Waals surface area contributed by atoms with Crippen molar-refractivity contribution in [2.24, 2.45) is 10.8 Å². The van der Waals surface area contributed by atoms with Gasteiger partial charge in [0.25, 0.3) is 0 Å². The van der Waals surface area contributed by atoms with Gasteiger partial charge in [-0.1, -0.05) is 27.7 Å². The molecule has 0 unspecified atom stereocenters. The molecule has 0 aliphatic rings. The van der Waals surface area contributed by atoms with Gasteiger partial charge in [-0.15, -0.1) is 0 Å². The topological polar surface area (TPSA) is 38.3 Å². The first-order valence-corrected chi connectivity index (χ1v) is 6.40. The number of carbonyl (C=O) groups is 1. The van der Waals surface area contributed by atoms with Crippen molar-refractivity contribution in [3.63, 3.8) is 0 Å². The Morgan fingerprint density at radius 3 is 1.94 bits per heavy atom. The Morgan fingerprint density at radius 1 is 1.06 bits per heavy atom. The first-order valence-electron chi connectivity index (χ1n) is 6.40. The Kier molecular flexibility index (Phi) is 5.63. The summed E-state index contributed by atoms with van der Waals surface area (Å²) in [6, 6.07) is 0. The second-order valence-electron chi connectivity index (χ2n) is 7.49. The van der Waals surface area contributed by atoms with Crippen LogP contribution in [0, 0.1) is 10.8 Å². The third-order valence-electron chi connectivity index (χ3n) is 2.43. The molecule has 18 heavy (non-hydrogen) atoms. The number of halogens is 1. The second-order valence-corrected chi connectivity index (χ2v) is 7.49. The van der Waals surface area contributed by atoms with Gasteiger partial charge in [0.1, 0.15) is 5.60 Å². The van der Waals surface area contributed by atoms with E-state index < -0.39 is 11.7 Å². The summed E-state index contributed by atoms with van der Waals surface area (Å²) in [7, 11) is 0. The van der Waals surface area contributed by atoms with Crippen LogP contribution in [0.1, 0.15) is 54.9 Å².